The maximum Gasteiger partial charge on any atom is 0.270 e. The lowest BCUT2D eigenvalue weighted by atomic mass is 9.84. The van der Waals surface area contributed by atoms with Crippen LogP contribution < -0.4 is 11.1 Å². The normalized spacial score (nSPS) is 13.2. The van der Waals surface area contributed by atoms with E-state index in [9.17, 15) is 4.79 Å². The summed E-state index contributed by atoms with van der Waals surface area (Å²) in [4.78, 5) is 16.3. The van der Waals surface area contributed by atoms with Gasteiger partial charge in [0, 0.05) is 12.2 Å². The number of hydrogen-bond acceptors (Lipinski definition) is 3. The number of aromatic nitrogens is 1. The van der Waals surface area contributed by atoms with E-state index in [2.05, 4.69) is 31.1 Å². The third-order valence-electron chi connectivity index (χ3n) is 3.03. The van der Waals surface area contributed by atoms with Crippen molar-refractivity contribution in [2.24, 2.45) is 11.1 Å². The molecule has 1 rings (SSSR count). The summed E-state index contributed by atoms with van der Waals surface area (Å²) in [6.45, 7) is 8.73. The zero-order chi connectivity index (χ0) is 13.8. The molecule has 0 aliphatic rings. The van der Waals surface area contributed by atoms with Crippen molar-refractivity contribution in [3.05, 3.63) is 29.6 Å². The fourth-order valence-corrected chi connectivity index (χ4v) is 1.84. The number of hydrogen-bond donors (Lipinski definition) is 2. The number of pyridine rings is 1. The molecule has 3 N–H and O–H groups in total. The van der Waals surface area contributed by atoms with Crippen LogP contribution in [0.5, 0.6) is 0 Å². The zero-order valence-corrected chi connectivity index (χ0v) is 11.7. The van der Waals surface area contributed by atoms with Gasteiger partial charge in [-0.15, -0.1) is 0 Å². The van der Waals surface area contributed by atoms with Crippen LogP contribution in [-0.4, -0.2) is 23.5 Å². The molecule has 0 spiro atoms. The first kappa shape index (κ1) is 14.6. The van der Waals surface area contributed by atoms with Gasteiger partial charge in [-0.3, -0.25) is 9.78 Å². The van der Waals surface area contributed by atoms with Crippen molar-refractivity contribution >= 4 is 5.91 Å². The van der Waals surface area contributed by atoms with Gasteiger partial charge >= 0.3 is 0 Å². The molecule has 100 valence electrons. The van der Waals surface area contributed by atoms with Crippen LogP contribution in [0, 0.1) is 12.3 Å². The lowest BCUT2D eigenvalue weighted by molar-refractivity contribution is 0.0893. The second-order valence-corrected chi connectivity index (χ2v) is 5.64. The van der Waals surface area contributed by atoms with Crippen LogP contribution >= 0.6 is 0 Å². The molecule has 1 amide bonds. The van der Waals surface area contributed by atoms with Crippen LogP contribution in [0.3, 0.4) is 0 Å². The second-order valence-electron chi connectivity index (χ2n) is 5.64. The minimum absolute atomic E-state index is 0.0162. The smallest absolute Gasteiger partial charge is 0.270 e. The third-order valence-corrected chi connectivity index (χ3v) is 3.03. The average molecular weight is 249 g/mol. The number of nitrogens with two attached hydrogens (primary N) is 1. The number of carbonyl (C=O) groups excluding carboxylic acids is 1. The molecular weight excluding hydrogens is 226 g/mol. The zero-order valence-electron chi connectivity index (χ0n) is 11.7. The SMILES string of the molecule is Cc1cccnc1C(=O)NC(CCN)C(C)(C)C. The van der Waals surface area contributed by atoms with Gasteiger partial charge in [-0.05, 0) is 36.9 Å². The Morgan fingerprint density at radius 3 is 2.67 bits per heavy atom. The molecule has 1 unspecified atom stereocenters. The molecule has 1 aromatic heterocycles. The van der Waals surface area contributed by atoms with Crippen molar-refractivity contribution in [2.75, 3.05) is 6.54 Å². The lowest BCUT2D eigenvalue weighted by Gasteiger charge is -2.31. The molecule has 1 heterocycles. The molecule has 4 nitrogen and oxygen atoms in total. The molecule has 0 fully saturated rings. The first-order valence-corrected chi connectivity index (χ1v) is 6.29. The Balaban J connectivity index is 2.82. The highest BCUT2D eigenvalue weighted by Crippen LogP contribution is 2.21. The number of rotatable bonds is 4. The summed E-state index contributed by atoms with van der Waals surface area (Å²) in [6, 6.07) is 3.76. The van der Waals surface area contributed by atoms with Gasteiger partial charge in [-0.1, -0.05) is 26.8 Å². The van der Waals surface area contributed by atoms with E-state index in [1.807, 2.05) is 19.1 Å². The molecule has 1 atom stereocenters. The summed E-state index contributed by atoms with van der Waals surface area (Å²) in [5.41, 5.74) is 6.96. The first-order valence-electron chi connectivity index (χ1n) is 6.29. The highest BCUT2D eigenvalue weighted by molar-refractivity contribution is 5.93. The maximum absolute atomic E-state index is 12.2. The molecule has 0 aromatic carbocycles. The molecule has 0 bridgehead atoms. The summed E-state index contributed by atoms with van der Waals surface area (Å²) in [6.07, 6.45) is 2.40. The van der Waals surface area contributed by atoms with Crippen molar-refractivity contribution in [3.8, 4) is 0 Å². The first-order chi connectivity index (χ1) is 8.36. The Labute approximate surface area is 109 Å². The van der Waals surface area contributed by atoms with Crippen LogP contribution in [0.4, 0.5) is 0 Å². The Bertz CT molecular complexity index is 410. The minimum Gasteiger partial charge on any atom is -0.347 e. The lowest BCUT2D eigenvalue weighted by Crippen LogP contribution is -2.45. The van der Waals surface area contributed by atoms with E-state index < -0.39 is 0 Å². The standard InChI is InChI=1S/C14H23N3O/c1-10-6-5-9-16-12(10)13(18)17-11(7-8-15)14(2,3)4/h5-6,9,11H,7-8,15H2,1-4H3,(H,17,18). The van der Waals surface area contributed by atoms with Crippen LogP contribution in [0.15, 0.2) is 18.3 Å². The van der Waals surface area contributed by atoms with Crippen LogP contribution in [0.25, 0.3) is 0 Å². The summed E-state index contributed by atoms with van der Waals surface area (Å²) in [7, 11) is 0. The fourth-order valence-electron chi connectivity index (χ4n) is 1.84. The Hall–Kier alpha value is -1.42. The van der Waals surface area contributed by atoms with Crippen molar-refractivity contribution in [1.29, 1.82) is 0 Å². The summed E-state index contributed by atoms with van der Waals surface area (Å²) in [5.74, 6) is -0.124. The summed E-state index contributed by atoms with van der Waals surface area (Å²) >= 11 is 0. The molecule has 0 saturated heterocycles. The topological polar surface area (TPSA) is 68.0 Å². The van der Waals surface area contributed by atoms with Gasteiger partial charge in [0.15, 0.2) is 0 Å². The molecule has 4 heteroatoms. The van der Waals surface area contributed by atoms with Crippen molar-refractivity contribution in [3.63, 3.8) is 0 Å². The van der Waals surface area contributed by atoms with E-state index in [4.69, 9.17) is 5.73 Å². The van der Waals surface area contributed by atoms with Gasteiger partial charge in [0.2, 0.25) is 0 Å². The van der Waals surface area contributed by atoms with E-state index in [0.717, 1.165) is 12.0 Å². The highest BCUT2D eigenvalue weighted by Gasteiger charge is 2.26. The van der Waals surface area contributed by atoms with Gasteiger partial charge < -0.3 is 11.1 Å². The van der Waals surface area contributed by atoms with E-state index >= 15 is 0 Å². The number of aryl methyl sites for hydroxylation is 1. The fraction of sp³-hybridized carbons (Fsp3) is 0.571. The Morgan fingerprint density at radius 1 is 1.50 bits per heavy atom. The molecule has 18 heavy (non-hydrogen) atoms. The number of nitrogens with zero attached hydrogens (tertiary/aromatic N) is 1. The van der Waals surface area contributed by atoms with Crippen LogP contribution in [0.1, 0.15) is 43.2 Å². The second kappa shape index (κ2) is 5.96. The Morgan fingerprint density at radius 2 is 2.17 bits per heavy atom. The number of carbonyl (C=O) groups is 1. The van der Waals surface area contributed by atoms with E-state index in [-0.39, 0.29) is 17.4 Å². The predicted octanol–water partition coefficient (Wildman–Crippen LogP) is 1.88. The van der Waals surface area contributed by atoms with Crippen molar-refractivity contribution in [2.45, 2.75) is 40.2 Å². The molecule has 0 aliphatic heterocycles. The van der Waals surface area contributed by atoms with E-state index in [0.29, 0.717) is 12.2 Å². The monoisotopic (exact) mass is 249 g/mol. The number of nitrogens with one attached hydrogen (secondary N) is 1. The van der Waals surface area contributed by atoms with E-state index in [1.165, 1.54) is 0 Å². The third kappa shape index (κ3) is 3.81. The predicted molar refractivity (Wildman–Crippen MR) is 73.4 cm³/mol. The van der Waals surface area contributed by atoms with Gasteiger partial charge in [0.05, 0.1) is 0 Å². The Kier molecular flexibility index (Phi) is 4.84. The average Bonchev–Trinajstić information content (AvgIpc) is 2.27. The van der Waals surface area contributed by atoms with Crippen LogP contribution in [-0.2, 0) is 0 Å². The quantitative estimate of drug-likeness (QED) is 0.856. The molecule has 0 saturated carbocycles. The highest BCUT2D eigenvalue weighted by atomic mass is 16.1. The van der Waals surface area contributed by atoms with Crippen LogP contribution in [0.2, 0.25) is 0 Å². The molecule has 0 radical (unpaired) electrons. The van der Waals surface area contributed by atoms with Gasteiger partial charge in [0.1, 0.15) is 5.69 Å². The molecular formula is C14H23N3O. The van der Waals surface area contributed by atoms with Gasteiger partial charge in [0.25, 0.3) is 5.91 Å². The van der Waals surface area contributed by atoms with Crippen molar-refractivity contribution in [1.82, 2.24) is 10.3 Å². The largest absolute Gasteiger partial charge is 0.347 e. The maximum atomic E-state index is 12.2. The summed E-state index contributed by atoms with van der Waals surface area (Å²) in [5, 5.41) is 3.03. The molecule has 0 aliphatic carbocycles. The minimum atomic E-state index is -0.124. The molecule has 1 aromatic rings. The van der Waals surface area contributed by atoms with E-state index in [1.54, 1.807) is 6.20 Å². The number of amides is 1. The van der Waals surface area contributed by atoms with Gasteiger partial charge in [-0.25, -0.2) is 0 Å². The van der Waals surface area contributed by atoms with Crippen molar-refractivity contribution < 1.29 is 4.79 Å². The van der Waals surface area contributed by atoms with Gasteiger partial charge in [-0.2, -0.15) is 0 Å². The summed E-state index contributed by atoms with van der Waals surface area (Å²) < 4.78 is 0.